The fourth-order valence-electron chi connectivity index (χ4n) is 4.85. The zero-order valence-corrected chi connectivity index (χ0v) is 19.5. The van der Waals surface area contributed by atoms with E-state index in [0.717, 1.165) is 11.1 Å². The molecule has 3 aromatic rings. The summed E-state index contributed by atoms with van der Waals surface area (Å²) >= 11 is 0. The number of methoxy groups -OCH3 is 1. The van der Waals surface area contributed by atoms with Crippen molar-refractivity contribution in [3.63, 3.8) is 0 Å². The normalized spacial score (nSPS) is 18.6. The van der Waals surface area contributed by atoms with Gasteiger partial charge < -0.3 is 20.7 Å². The molecule has 0 spiro atoms. The second kappa shape index (κ2) is 8.84. The van der Waals surface area contributed by atoms with Crippen LogP contribution in [0.3, 0.4) is 0 Å². The summed E-state index contributed by atoms with van der Waals surface area (Å²) in [4.78, 5) is 51.7. The van der Waals surface area contributed by atoms with E-state index in [1.807, 2.05) is 12.1 Å². The lowest BCUT2D eigenvalue weighted by Gasteiger charge is -2.29. The van der Waals surface area contributed by atoms with Crippen molar-refractivity contribution in [3.05, 3.63) is 89.0 Å². The Bertz CT molecular complexity index is 1400. The molecule has 1 saturated heterocycles. The van der Waals surface area contributed by atoms with Crippen molar-refractivity contribution < 1.29 is 23.9 Å². The zero-order valence-electron chi connectivity index (χ0n) is 19.5. The van der Waals surface area contributed by atoms with Gasteiger partial charge in [0.05, 0.1) is 7.11 Å². The van der Waals surface area contributed by atoms with Gasteiger partial charge in [-0.15, -0.1) is 0 Å². The molecule has 1 atom stereocenters. The third kappa shape index (κ3) is 3.84. The predicted octanol–water partition coefficient (Wildman–Crippen LogP) is 2.54. The number of nitrogens with one attached hydrogen (secondary N) is 2. The highest BCUT2D eigenvalue weighted by atomic mass is 16.5. The fourth-order valence-corrected chi connectivity index (χ4v) is 4.85. The third-order valence-corrected chi connectivity index (χ3v) is 6.78. The van der Waals surface area contributed by atoms with E-state index in [9.17, 15) is 19.2 Å². The number of hydrogen-bond donors (Lipinski definition) is 3. The second-order valence-electron chi connectivity index (χ2n) is 8.80. The Morgan fingerprint density at radius 1 is 1.03 bits per heavy atom. The fraction of sp³-hybridized carbons (Fsp3) is 0.185. The van der Waals surface area contributed by atoms with Crippen LogP contribution in [0.4, 0.5) is 4.79 Å². The first kappa shape index (κ1) is 23.1. The largest absolute Gasteiger partial charge is 0.497 e. The number of nitrogens with two attached hydrogens (primary N) is 1. The van der Waals surface area contributed by atoms with Gasteiger partial charge in [-0.05, 0) is 40.5 Å². The summed E-state index contributed by atoms with van der Waals surface area (Å²) in [5.74, 6) is -0.575. The average molecular weight is 485 g/mol. The van der Waals surface area contributed by atoms with Crippen LogP contribution >= 0.6 is 0 Å². The molecule has 0 radical (unpaired) electrons. The van der Waals surface area contributed by atoms with Crippen LogP contribution in [0.15, 0.2) is 66.7 Å². The second-order valence-corrected chi connectivity index (χ2v) is 8.80. The van der Waals surface area contributed by atoms with Gasteiger partial charge in [0.2, 0.25) is 5.91 Å². The lowest BCUT2D eigenvalue weighted by atomic mass is 9.85. The first-order valence-corrected chi connectivity index (χ1v) is 11.4. The van der Waals surface area contributed by atoms with E-state index < -0.39 is 23.4 Å². The smallest absolute Gasteiger partial charge is 0.322 e. The van der Waals surface area contributed by atoms with Crippen molar-refractivity contribution >= 4 is 23.8 Å². The van der Waals surface area contributed by atoms with E-state index in [1.54, 1.807) is 66.6 Å². The molecule has 2 heterocycles. The number of imide groups is 1. The maximum atomic E-state index is 13.0. The number of amides is 5. The molecule has 0 saturated carbocycles. The molecular weight excluding hydrogens is 460 g/mol. The number of primary amides is 1. The predicted molar refractivity (Wildman–Crippen MR) is 131 cm³/mol. The number of fused-ring (bicyclic) bond motifs is 1. The van der Waals surface area contributed by atoms with Crippen LogP contribution in [-0.2, 0) is 16.9 Å². The van der Waals surface area contributed by atoms with E-state index in [-0.39, 0.29) is 18.9 Å². The standard InChI is InChI=1S/C27H24N4O5/c1-36-19-11-8-17-15-31(24(33)22(17)14-19)13-12-27(25(34)29-26(35)30-27)18-9-6-16(7-10-18)20-4-2-3-5-21(20)23(28)32/h2-11,14H,12-13,15H2,1H3,(H2,28,32)(H2,29,30,34,35). The van der Waals surface area contributed by atoms with Crippen LogP contribution in [0.2, 0.25) is 0 Å². The van der Waals surface area contributed by atoms with Crippen LogP contribution in [-0.4, -0.2) is 42.3 Å². The number of ether oxygens (including phenoxy) is 1. The molecule has 2 aliphatic heterocycles. The highest BCUT2D eigenvalue weighted by Crippen LogP contribution is 2.34. The summed E-state index contributed by atoms with van der Waals surface area (Å²) in [6, 6.07) is 18.8. The SMILES string of the molecule is COc1ccc2c(c1)C(=O)N(CCC1(c3ccc(-c4ccccc4C(N)=O)cc3)NC(=O)NC1=O)C2. The molecule has 1 fully saturated rings. The monoisotopic (exact) mass is 484 g/mol. The minimum absolute atomic E-state index is 0.151. The minimum atomic E-state index is -1.34. The van der Waals surface area contributed by atoms with Crippen LogP contribution in [0.5, 0.6) is 5.75 Å². The molecule has 3 aromatic carbocycles. The highest BCUT2D eigenvalue weighted by Gasteiger charge is 2.48. The number of nitrogens with zero attached hydrogens (tertiary/aromatic N) is 1. The summed E-state index contributed by atoms with van der Waals surface area (Å²) in [5.41, 5.74) is 7.99. The number of carbonyl (C=O) groups excluding carboxylic acids is 4. The third-order valence-electron chi connectivity index (χ3n) is 6.78. The Morgan fingerprint density at radius 2 is 1.78 bits per heavy atom. The van der Waals surface area contributed by atoms with E-state index in [4.69, 9.17) is 10.5 Å². The quantitative estimate of drug-likeness (QED) is 0.444. The van der Waals surface area contributed by atoms with E-state index in [2.05, 4.69) is 10.6 Å². The number of rotatable bonds is 7. The lowest BCUT2D eigenvalue weighted by Crippen LogP contribution is -2.46. The first-order valence-electron chi connectivity index (χ1n) is 11.4. The van der Waals surface area contributed by atoms with Crippen LogP contribution < -0.4 is 21.1 Å². The Hall–Kier alpha value is -4.66. The zero-order chi connectivity index (χ0) is 25.4. The molecule has 5 amide bonds. The van der Waals surface area contributed by atoms with Crippen molar-refractivity contribution in [1.29, 1.82) is 0 Å². The van der Waals surface area contributed by atoms with Crippen molar-refractivity contribution in [2.24, 2.45) is 5.73 Å². The molecule has 2 aliphatic rings. The molecule has 9 nitrogen and oxygen atoms in total. The molecule has 9 heteroatoms. The maximum absolute atomic E-state index is 13.0. The van der Waals surface area contributed by atoms with Gasteiger partial charge >= 0.3 is 6.03 Å². The number of urea groups is 1. The number of hydrogen-bond acceptors (Lipinski definition) is 5. The van der Waals surface area contributed by atoms with Gasteiger partial charge in [-0.2, -0.15) is 0 Å². The first-order chi connectivity index (χ1) is 17.3. The average Bonchev–Trinajstić information content (AvgIpc) is 3.37. The topological polar surface area (TPSA) is 131 Å². The molecule has 0 bridgehead atoms. The van der Waals surface area contributed by atoms with Crippen molar-refractivity contribution in [3.8, 4) is 16.9 Å². The van der Waals surface area contributed by atoms with Crippen LogP contribution in [0.1, 0.15) is 38.3 Å². The van der Waals surface area contributed by atoms with E-state index in [1.165, 1.54) is 0 Å². The van der Waals surface area contributed by atoms with Gasteiger partial charge in [-0.3, -0.25) is 19.7 Å². The summed E-state index contributed by atoms with van der Waals surface area (Å²) in [5, 5.41) is 5.09. The lowest BCUT2D eigenvalue weighted by molar-refractivity contribution is -0.124. The molecule has 0 aromatic heterocycles. The maximum Gasteiger partial charge on any atom is 0.322 e. The van der Waals surface area contributed by atoms with Crippen molar-refractivity contribution in [2.75, 3.05) is 13.7 Å². The molecular formula is C27H24N4O5. The van der Waals surface area contributed by atoms with Crippen molar-refractivity contribution in [1.82, 2.24) is 15.5 Å². The van der Waals surface area contributed by atoms with Gasteiger partial charge in [0.1, 0.15) is 11.3 Å². The molecule has 4 N–H and O–H groups in total. The molecule has 182 valence electrons. The highest BCUT2D eigenvalue weighted by molar-refractivity contribution is 6.07. The summed E-state index contributed by atoms with van der Waals surface area (Å²) < 4.78 is 5.23. The van der Waals surface area contributed by atoms with Gasteiger partial charge in [0.15, 0.2) is 0 Å². The van der Waals surface area contributed by atoms with Gasteiger partial charge in [-0.25, -0.2) is 4.79 Å². The minimum Gasteiger partial charge on any atom is -0.497 e. The Morgan fingerprint density at radius 3 is 2.44 bits per heavy atom. The number of benzene rings is 3. The summed E-state index contributed by atoms with van der Waals surface area (Å²) in [7, 11) is 1.54. The Kier molecular flexibility index (Phi) is 5.68. The summed E-state index contributed by atoms with van der Waals surface area (Å²) in [6.07, 6.45) is 0.179. The Balaban J connectivity index is 1.42. The molecule has 36 heavy (non-hydrogen) atoms. The van der Waals surface area contributed by atoms with E-state index >= 15 is 0 Å². The van der Waals surface area contributed by atoms with Gasteiger partial charge in [0, 0.05) is 30.6 Å². The summed E-state index contributed by atoms with van der Waals surface area (Å²) in [6.45, 7) is 0.655. The van der Waals surface area contributed by atoms with E-state index in [0.29, 0.717) is 34.5 Å². The van der Waals surface area contributed by atoms with Crippen LogP contribution in [0.25, 0.3) is 11.1 Å². The van der Waals surface area contributed by atoms with Gasteiger partial charge in [0.25, 0.3) is 11.8 Å². The molecule has 5 rings (SSSR count). The molecule has 0 aliphatic carbocycles. The number of carbonyl (C=O) groups is 4. The van der Waals surface area contributed by atoms with Gasteiger partial charge in [-0.1, -0.05) is 48.5 Å². The van der Waals surface area contributed by atoms with Crippen LogP contribution in [0, 0.1) is 0 Å². The van der Waals surface area contributed by atoms with Crippen molar-refractivity contribution in [2.45, 2.75) is 18.5 Å². The molecule has 1 unspecified atom stereocenters. The Labute approximate surface area is 207 Å².